The van der Waals surface area contributed by atoms with Crippen LogP contribution in [0.15, 0.2) is 0 Å². The molecule has 0 unspecified atom stereocenters. The maximum absolute atomic E-state index is 8.56. The third kappa shape index (κ3) is 231. The number of carbonyl (C=O) groups excluding carboxylic acids is 1. The second-order valence-electron chi connectivity index (χ2n) is 0.474. The van der Waals surface area contributed by atoms with E-state index in [1.807, 2.05) is 0 Å². The second kappa shape index (κ2) is 22.8. The SMILES string of the molecule is O=C([O-])[O-].[Na+].[Na+].[Na+].[O]=[V](=[O])[O-]. The molecule has 0 aromatic rings. The number of carbonyl (C=O) groups is 1. The third-order valence-corrected chi connectivity index (χ3v) is 0. The summed E-state index contributed by atoms with van der Waals surface area (Å²) in [5, 5.41) is 16.7. The average molecular weight is 228 g/mol. The molecule has 0 N–H and O–H groups in total. The van der Waals surface area contributed by atoms with Crippen molar-refractivity contribution in [2.24, 2.45) is 0 Å². The molecule has 48 valence electrons. The van der Waals surface area contributed by atoms with E-state index < -0.39 is 21.6 Å². The van der Waals surface area contributed by atoms with Crippen LogP contribution in [0, 0.1) is 0 Å². The topological polar surface area (TPSA) is 120 Å². The normalized spacial score (nSPS) is 4.45. The molecular weight excluding hydrogens is 228 g/mol. The Morgan fingerprint density at radius 3 is 1.00 bits per heavy atom. The molecule has 11 heavy (non-hydrogen) atoms. The molecule has 0 aromatic heterocycles. The van der Waals surface area contributed by atoms with E-state index in [-0.39, 0.29) is 88.7 Å². The molecule has 0 heterocycles. The number of hydrogen-bond donors (Lipinski definition) is 0. The maximum atomic E-state index is 8.56. The van der Waals surface area contributed by atoms with Crippen LogP contribution in [-0.2, 0) is 22.7 Å². The fourth-order valence-electron chi connectivity index (χ4n) is 0. The van der Waals surface area contributed by atoms with Gasteiger partial charge in [0.2, 0.25) is 0 Å². The zero-order chi connectivity index (χ0) is 7.15. The molecule has 0 atom stereocenters. The van der Waals surface area contributed by atoms with Crippen LogP contribution in [0.4, 0.5) is 4.79 Å². The van der Waals surface area contributed by atoms with Crippen molar-refractivity contribution in [3.8, 4) is 0 Å². The van der Waals surface area contributed by atoms with E-state index in [2.05, 4.69) is 0 Å². The summed E-state index contributed by atoms with van der Waals surface area (Å²) in [4.78, 5) is 8.33. The zero-order valence-corrected chi connectivity index (χ0v) is 13.8. The molecule has 0 saturated heterocycles. The van der Waals surface area contributed by atoms with Crippen molar-refractivity contribution in [3.63, 3.8) is 0 Å². The van der Waals surface area contributed by atoms with Crippen LogP contribution in [0.2, 0.25) is 0 Å². The summed E-state index contributed by atoms with van der Waals surface area (Å²) < 4.78 is 25.7. The van der Waals surface area contributed by atoms with Gasteiger partial charge in [-0.2, -0.15) is 0 Å². The van der Waals surface area contributed by atoms with Gasteiger partial charge in [0.15, 0.2) is 0 Å². The molecule has 0 saturated carbocycles. The van der Waals surface area contributed by atoms with Crippen LogP contribution >= 0.6 is 0 Å². The van der Waals surface area contributed by atoms with Crippen molar-refractivity contribution in [1.29, 1.82) is 0 Å². The van der Waals surface area contributed by atoms with Gasteiger partial charge in [0, 0.05) is 0 Å². The second-order valence-corrected chi connectivity index (χ2v) is 1.17. The summed E-state index contributed by atoms with van der Waals surface area (Å²) in [6, 6.07) is 0. The van der Waals surface area contributed by atoms with Gasteiger partial charge < -0.3 is 15.0 Å². The molecule has 0 aliphatic carbocycles. The molecule has 0 spiro atoms. The van der Waals surface area contributed by atoms with E-state index >= 15 is 0 Å². The van der Waals surface area contributed by atoms with E-state index in [9.17, 15) is 0 Å². The molecule has 0 aliphatic heterocycles. The Morgan fingerprint density at radius 1 is 1.00 bits per heavy atom. The third-order valence-electron chi connectivity index (χ3n) is 0. The van der Waals surface area contributed by atoms with Crippen LogP contribution in [0.25, 0.3) is 0 Å². The summed E-state index contributed by atoms with van der Waals surface area (Å²) in [6.07, 6.45) is -2.33. The standard InChI is InChI=1S/CH2O3.3Na.3O.V/c2-1(3)4;;;;;;;/h(H2,2,3,4);;;;;;;/q;3*+1;;;-1;/p-2. The van der Waals surface area contributed by atoms with E-state index in [1.54, 1.807) is 0 Å². The molecule has 0 radical (unpaired) electrons. The van der Waals surface area contributed by atoms with Crippen LogP contribution in [-0.4, -0.2) is 6.16 Å². The van der Waals surface area contributed by atoms with Crippen LogP contribution < -0.4 is 103 Å². The van der Waals surface area contributed by atoms with Crippen molar-refractivity contribution in [1.82, 2.24) is 0 Å². The predicted octanol–water partition coefficient (Wildman–Crippen LogP) is -12.9. The first kappa shape index (κ1) is 29.2. The Kier molecular flexibility index (Phi) is 60.6. The Bertz CT molecular complexity index is 120. The summed E-state index contributed by atoms with van der Waals surface area (Å²) in [6.45, 7) is 0. The quantitative estimate of drug-likeness (QED) is 0.379. The summed E-state index contributed by atoms with van der Waals surface area (Å²) in [5.74, 6) is 0. The summed E-state index contributed by atoms with van der Waals surface area (Å²) in [7, 11) is 0. The van der Waals surface area contributed by atoms with Gasteiger partial charge in [-0.05, 0) is 6.16 Å². The van der Waals surface area contributed by atoms with Gasteiger partial charge >= 0.3 is 115 Å². The van der Waals surface area contributed by atoms with Crippen molar-refractivity contribution in [3.05, 3.63) is 0 Å². The van der Waals surface area contributed by atoms with Gasteiger partial charge in [-0.1, -0.05) is 0 Å². The molecule has 0 bridgehead atoms. The number of carboxylic acid groups (broad SMARTS) is 2. The fourth-order valence-corrected chi connectivity index (χ4v) is 0. The average Bonchev–Trinajstić information content (AvgIpc) is 1.25. The van der Waals surface area contributed by atoms with Crippen LogP contribution in [0.3, 0.4) is 0 Å². The molecule has 0 amide bonds. The van der Waals surface area contributed by atoms with Crippen molar-refractivity contribution < 1.29 is 130 Å². The van der Waals surface area contributed by atoms with Gasteiger partial charge in [-0.3, -0.25) is 0 Å². The molecule has 0 fully saturated rings. The van der Waals surface area contributed by atoms with Crippen molar-refractivity contribution in [2.75, 3.05) is 0 Å². The van der Waals surface area contributed by atoms with Gasteiger partial charge in [-0.15, -0.1) is 0 Å². The number of hydrogen-bond acceptors (Lipinski definition) is 6. The Balaban J connectivity index is -0.0000000171. The first-order chi connectivity index (χ1) is 3.46. The Hall–Kier alpha value is 2.41. The Morgan fingerprint density at radius 2 is 1.00 bits per heavy atom. The van der Waals surface area contributed by atoms with Crippen molar-refractivity contribution in [2.45, 2.75) is 0 Å². The minimum atomic E-state index is -3.94. The van der Waals surface area contributed by atoms with Gasteiger partial charge in [0.05, 0.1) is 0 Å². The van der Waals surface area contributed by atoms with E-state index in [1.165, 1.54) is 0 Å². The fraction of sp³-hybridized carbons (Fsp3) is 0. The number of rotatable bonds is 0. The molecule has 10 heteroatoms. The summed E-state index contributed by atoms with van der Waals surface area (Å²) >= 11 is -3.94. The van der Waals surface area contributed by atoms with Crippen LogP contribution in [0.5, 0.6) is 0 Å². The van der Waals surface area contributed by atoms with Gasteiger partial charge in [0.1, 0.15) is 0 Å². The van der Waals surface area contributed by atoms with E-state index in [0.717, 1.165) is 0 Å². The molecular formula is CNa3O6V. The first-order valence-electron chi connectivity index (χ1n) is 1.16. The molecule has 0 aliphatic rings. The summed E-state index contributed by atoms with van der Waals surface area (Å²) in [5.41, 5.74) is 0. The predicted molar refractivity (Wildman–Crippen MR) is 6.77 cm³/mol. The molecule has 0 aromatic carbocycles. The monoisotopic (exact) mass is 228 g/mol. The molecule has 6 nitrogen and oxygen atoms in total. The molecule has 0 rings (SSSR count). The van der Waals surface area contributed by atoms with Crippen LogP contribution in [0.1, 0.15) is 0 Å². The van der Waals surface area contributed by atoms with E-state index in [4.69, 9.17) is 26.4 Å². The Labute approximate surface area is 134 Å². The minimum absolute atomic E-state index is 0. The van der Waals surface area contributed by atoms with Gasteiger partial charge in [-0.25, -0.2) is 0 Å². The first-order valence-corrected chi connectivity index (χ1v) is 2.87. The van der Waals surface area contributed by atoms with E-state index in [0.29, 0.717) is 0 Å². The van der Waals surface area contributed by atoms with Gasteiger partial charge in [0.25, 0.3) is 0 Å². The van der Waals surface area contributed by atoms with Crippen molar-refractivity contribution >= 4 is 6.16 Å². The zero-order valence-electron chi connectivity index (χ0n) is 6.40.